The van der Waals surface area contributed by atoms with Crippen molar-refractivity contribution >= 4 is 11.3 Å². The van der Waals surface area contributed by atoms with Crippen LogP contribution in [0.15, 0.2) is 0 Å². The zero-order valence-electron chi connectivity index (χ0n) is 11.1. The lowest BCUT2D eigenvalue weighted by molar-refractivity contribution is 0.216. The van der Waals surface area contributed by atoms with Crippen LogP contribution in [0.5, 0.6) is 0 Å². The lowest BCUT2D eigenvalue weighted by Gasteiger charge is -2.29. The molecule has 0 bridgehead atoms. The first-order chi connectivity index (χ1) is 8.15. The number of likely N-dealkylation sites (tertiary alicyclic amines) is 1. The second kappa shape index (κ2) is 5.94. The van der Waals surface area contributed by atoms with Crippen molar-refractivity contribution < 1.29 is 0 Å². The molecule has 0 aliphatic carbocycles. The van der Waals surface area contributed by atoms with Gasteiger partial charge in [0.25, 0.3) is 0 Å². The van der Waals surface area contributed by atoms with Crippen molar-refractivity contribution in [2.45, 2.75) is 33.2 Å². The first-order valence-corrected chi connectivity index (χ1v) is 7.29. The van der Waals surface area contributed by atoms with Gasteiger partial charge in [-0.25, -0.2) is 4.98 Å². The van der Waals surface area contributed by atoms with E-state index in [9.17, 15) is 0 Å². The average molecular weight is 253 g/mol. The lowest BCUT2D eigenvalue weighted by Crippen LogP contribution is -2.34. The van der Waals surface area contributed by atoms with Crippen molar-refractivity contribution in [1.82, 2.24) is 15.2 Å². The molecular weight excluding hydrogens is 230 g/mol. The molecule has 1 aliphatic heterocycles. The summed E-state index contributed by atoms with van der Waals surface area (Å²) in [6.45, 7) is 8.85. The van der Waals surface area contributed by atoms with Crippen molar-refractivity contribution in [3.8, 4) is 0 Å². The molecule has 17 heavy (non-hydrogen) atoms. The molecule has 0 unspecified atom stereocenters. The molecular formula is C13H23N3S. The molecule has 0 amide bonds. The Labute approximate surface area is 108 Å². The normalized spacial score (nSPS) is 18.8. The van der Waals surface area contributed by atoms with E-state index in [1.165, 1.54) is 41.5 Å². The van der Waals surface area contributed by atoms with Crippen LogP contribution in [-0.2, 0) is 6.54 Å². The van der Waals surface area contributed by atoms with Crippen LogP contribution in [0.1, 0.15) is 28.4 Å². The second-order valence-electron chi connectivity index (χ2n) is 5.12. The molecule has 2 heterocycles. The monoisotopic (exact) mass is 253 g/mol. The number of aryl methyl sites for hydroxylation is 2. The predicted octanol–water partition coefficient (Wildman–Crippen LogP) is 2.19. The Morgan fingerprint density at radius 2 is 2.06 bits per heavy atom. The molecule has 1 aromatic heterocycles. The maximum Gasteiger partial charge on any atom is 0.0900 e. The van der Waals surface area contributed by atoms with E-state index in [0.717, 1.165) is 19.0 Å². The lowest BCUT2D eigenvalue weighted by atomic mass is 9.97. The quantitative estimate of drug-likeness (QED) is 0.891. The van der Waals surface area contributed by atoms with Crippen LogP contribution < -0.4 is 5.32 Å². The Morgan fingerprint density at radius 3 is 2.65 bits per heavy atom. The minimum absolute atomic E-state index is 0.862. The van der Waals surface area contributed by atoms with Gasteiger partial charge in [-0.2, -0.15) is 0 Å². The average Bonchev–Trinajstić information content (AvgIpc) is 2.60. The van der Waals surface area contributed by atoms with Crippen molar-refractivity contribution in [2.24, 2.45) is 5.92 Å². The van der Waals surface area contributed by atoms with Crippen LogP contribution in [0.25, 0.3) is 0 Å². The topological polar surface area (TPSA) is 28.2 Å². The van der Waals surface area contributed by atoms with Crippen molar-refractivity contribution in [1.29, 1.82) is 0 Å². The Morgan fingerprint density at radius 1 is 1.35 bits per heavy atom. The van der Waals surface area contributed by atoms with E-state index < -0.39 is 0 Å². The van der Waals surface area contributed by atoms with Crippen molar-refractivity contribution in [2.75, 3.05) is 26.7 Å². The molecule has 1 fully saturated rings. The zero-order valence-corrected chi connectivity index (χ0v) is 11.9. The van der Waals surface area contributed by atoms with Gasteiger partial charge in [0.05, 0.1) is 10.7 Å². The first-order valence-electron chi connectivity index (χ1n) is 6.47. The van der Waals surface area contributed by atoms with Gasteiger partial charge in [-0.05, 0) is 59.3 Å². The molecule has 0 spiro atoms. The van der Waals surface area contributed by atoms with Gasteiger partial charge < -0.3 is 10.2 Å². The number of piperidine rings is 1. The molecule has 1 saturated heterocycles. The Bertz CT molecular complexity index is 354. The Balaban J connectivity index is 1.71. The van der Waals surface area contributed by atoms with Crippen LogP contribution in [-0.4, -0.2) is 36.6 Å². The molecule has 1 N–H and O–H groups in total. The van der Waals surface area contributed by atoms with Crippen molar-refractivity contribution in [3.05, 3.63) is 15.6 Å². The van der Waals surface area contributed by atoms with Crippen LogP contribution in [0, 0.1) is 19.8 Å². The van der Waals surface area contributed by atoms with E-state index in [0.29, 0.717) is 0 Å². The molecule has 0 radical (unpaired) electrons. The van der Waals surface area contributed by atoms with Gasteiger partial charge in [0.15, 0.2) is 0 Å². The first kappa shape index (κ1) is 13.0. The van der Waals surface area contributed by atoms with Gasteiger partial charge >= 0.3 is 0 Å². The third-order valence-electron chi connectivity index (χ3n) is 3.56. The summed E-state index contributed by atoms with van der Waals surface area (Å²) in [6.07, 6.45) is 2.68. The van der Waals surface area contributed by atoms with Gasteiger partial charge in [-0.15, -0.1) is 11.3 Å². The number of nitrogens with one attached hydrogen (secondary N) is 1. The minimum atomic E-state index is 0.862. The fraction of sp³-hybridized carbons (Fsp3) is 0.769. The summed E-state index contributed by atoms with van der Waals surface area (Å²) in [5.41, 5.74) is 1.20. The molecule has 1 aromatic rings. The third kappa shape index (κ3) is 3.76. The zero-order chi connectivity index (χ0) is 12.3. The summed E-state index contributed by atoms with van der Waals surface area (Å²) in [4.78, 5) is 8.28. The summed E-state index contributed by atoms with van der Waals surface area (Å²) in [6, 6.07) is 0. The number of rotatable bonds is 4. The molecule has 3 nitrogen and oxygen atoms in total. The van der Waals surface area contributed by atoms with E-state index in [4.69, 9.17) is 0 Å². The smallest absolute Gasteiger partial charge is 0.0900 e. The SMILES string of the molecule is Cc1nc(C)c(CNCC2CCN(C)CC2)s1. The fourth-order valence-electron chi connectivity index (χ4n) is 2.39. The Kier molecular flexibility index (Phi) is 4.54. The number of nitrogens with zero attached hydrogens (tertiary/aromatic N) is 2. The molecule has 0 aromatic carbocycles. The maximum atomic E-state index is 4.46. The van der Waals surface area contributed by atoms with Crippen LogP contribution in [0.2, 0.25) is 0 Å². The number of thiazole rings is 1. The third-order valence-corrected chi connectivity index (χ3v) is 4.63. The largest absolute Gasteiger partial charge is 0.312 e. The van der Waals surface area contributed by atoms with Gasteiger partial charge in [-0.3, -0.25) is 0 Å². The van der Waals surface area contributed by atoms with E-state index in [1.807, 2.05) is 11.3 Å². The minimum Gasteiger partial charge on any atom is -0.312 e. The molecule has 4 heteroatoms. The maximum absolute atomic E-state index is 4.46. The number of aromatic nitrogens is 1. The predicted molar refractivity (Wildman–Crippen MR) is 73.5 cm³/mol. The van der Waals surface area contributed by atoms with E-state index >= 15 is 0 Å². The highest BCUT2D eigenvalue weighted by Crippen LogP contribution is 2.18. The fourth-order valence-corrected chi connectivity index (χ4v) is 3.30. The van der Waals surface area contributed by atoms with Crippen LogP contribution in [0.3, 0.4) is 0 Å². The van der Waals surface area contributed by atoms with Crippen LogP contribution in [0.4, 0.5) is 0 Å². The summed E-state index contributed by atoms with van der Waals surface area (Å²) in [5, 5.41) is 4.77. The number of hydrogen-bond acceptors (Lipinski definition) is 4. The summed E-state index contributed by atoms with van der Waals surface area (Å²) >= 11 is 1.82. The molecule has 0 atom stereocenters. The molecule has 0 saturated carbocycles. The summed E-state index contributed by atoms with van der Waals surface area (Å²) in [7, 11) is 2.22. The van der Waals surface area contributed by atoms with Crippen LogP contribution >= 0.6 is 11.3 Å². The van der Waals surface area contributed by atoms with Gasteiger partial charge in [-0.1, -0.05) is 0 Å². The van der Waals surface area contributed by atoms with E-state index in [2.05, 4.69) is 36.1 Å². The van der Waals surface area contributed by atoms with Gasteiger partial charge in [0, 0.05) is 11.4 Å². The Hall–Kier alpha value is -0.450. The highest BCUT2D eigenvalue weighted by Gasteiger charge is 2.16. The van der Waals surface area contributed by atoms with E-state index in [1.54, 1.807) is 0 Å². The molecule has 1 aliphatic rings. The van der Waals surface area contributed by atoms with E-state index in [-0.39, 0.29) is 0 Å². The second-order valence-corrected chi connectivity index (χ2v) is 6.41. The summed E-state index contributed by atoms with van der Waals surface area (Å²) in [5.74, 6) is 0.862. The highest BCUT2D eigenvalue weighted by atomic mass is 32.1. The number of hydrogen-bond donors (Lipinski definition) is 1. The van der Waals surface area contributed by atoms with Gasteiger partial charge in [0.2, 0.25) is 0 Å². The van der Waals surface area contributed by atoms with Gasteiger partial charge in [0.1, 0.15) is 0 Å². The molecule has 96 valence electrons. The standard InChI is InChI=1S/C13H23N3S/c1-10-13(17-11(2)15-10)9-14-8-12-4-6-16(3)7-5-12/h12,14H,4-9H2,1-3H3. The van der Waals surface area contributed by atoms with Crippen molar-refractivity contribution in [3.63, 3.8) is 0 Å². The molecule has 2 rings (SSSR count). The summed E-state index contributed by atoms with van der Waals surface area (Å²) < 4.78 is 0. The highest BCUT2D eigenvalue weighted by molar-refractivity contribution is 7.11.